The molecule has 2 aromatic carbocycles. The lowest BCUT2D eigenvalue weighted by atomic mass is 10.1. The summed E-state index contributed by atoms with van der Waals surface area (Å²) in [5.41, 5.74) is 4.27. The molecule has 0 atom stereocenters. The van der Waals surface area contributed by atoms with Crippen molar-refractivity contribution in [1.82, 2.24) is 24.1 Å². The van der Waals surface area contributed by atoms with Crippen molar-refractivity contribution in [2.24, 2.45) is 5.92 Å². The highest BCUT2D eigenvalue weighted by molar-refractivity contribution is 6.04. The van der Waals surface area contributed by atoms with Gasteiger partial charge in [0, 0.05) is 12.1 Å². The molecule has 0 saturated carbocycles. The molecule has 7 heteroatoms. The third-order valence-electron chi connectivity index (χ3n) is 5.79. The molecule has 5 aromatic rings. The fraction of sp³-hybridized carbons (Fsp3) is 0.280. The summed E-state index contributed by atoms with van der Waals surface area (Å²) in [7, 11) is 1.66. The van der Waals surface area contributed by atoms with Crippen LogP contribution in [0.1, 0.15) is 25.8 Å². The first-order chi connectivity index (χ1) is 15.6. The number of aryl methyl sites for hydroxylation is 1. The van der Waals surface area contributed by atoms with Gasteiger partial charge in [-0.25, -0.2) is 15.0 Å². The van der Waals surface area contributed by atoms with Gasteiger partial charge in [0.15, 0.2) is 11.3 Å². The van der Waals surface area contributed by atoms with E-state index >= 15 is 0 Å². The van der Waals surface area contributed by atoms with Gasteiger partial charge in [0.25, 0.3) is 5.56 Å². The van der Waals surface area contributed by atoms with Crippen LogP contribution in [0.15, 0.2) is 59.7 Å². The van der Waals surface area contributed by atoms with Crippen molar-refractivity contribution in [2.45, 2.75) is 33.4 Å². The number of benzene rings is 2. The van der Waals surface area contributed by atoms with Gasteiger partial charge >= 0.3 is 0 Å². The molecule has 3 aromatic heterocycles. The Labute approximate surface area is 185 Å². The standard InChI is InChI=1S/C25H25N5O2/c1-16(2)12-13-29-15-26-23-21(25(29)31)22-24(28-19-10-6-5-9-18(19)27-22)30(23)14-17-8-4-7-11-20(17)32-3/h4-11,15-16H,12-14H2,1-3H3. The van der Waals surface area contributed by atoms with Crippen molar-refractivity contribution in [1.29, 1.82) is 0 Å². The van der Waals surface area contributed by atoms with Crippen LogP contribution in [0.4, 0.5) is 0 Å². The van der Waals surface area contributed by atoms with Gasteiger partial charge in [-0.3, -0.25) is 9.36 Å². The topological polar surface area (TPSA) is 74.8 Å². The smallest absolute Gasteiger partial charge is 0.265 e. The number of hydrogen-bond acceptors (Lipinski definition) is 5. The van der Waals surface area contributed by atoms with Crippen LogP contribution in [0.25, 0.3) is 33.2 Å². The maximum absolute atomic E-state index is 13.5. The van der Waals surface area contributed by atoms with Gasteiger partial charge in [0.05, 0.1) is 31.0 Å². The number of aromatic nitrogens is 5. The summed E-state index contributed by atoms with van der Waals surface area (Å²) in [5.74, 6) is 1.27. The summed E-state index contributed by atoms with van der Waals surface area (Å²) < 4.78 is 9.21. The number of hydrogen-bond donors (Lipinski definition) is 0. The molecule has 0 fully saturated rings. The molecule has 0 bridgehead atoms. The van der Waals surface area contributed by atoms with Crippen molar-refractivity contribution >= 4 is 33.2 Å². The van der Waals surface area contributed by atoms with Gasteiger partial charge in [-0.2, -0.15) is 0 Å². The molecule has 0 aliphatic heterocycles. The molecule has 162 valence electrons. The Kier molecular flexibility index (Phi) is 5.09. The van der Waals surface area contributed by atoms with Crippen molar-refractivity contribution in [3.8, 4) is 5.75 Å². The number of ether oxygens (including phenoxy) is 1. The fourth-order valence-electron chi connectivity index (χ4n) is 4.05. The predicted octanol–water partition coefficient (Wildman–Crippen LogP) is 4.40. The third-order valence-corrected chi connectivity index (χ3v) is 5.79. The summed E-state index contributed by atoms with van der Waals surface area (Å²) in [4.78, 5) is 27.9. The molecule has 0 N–H and O–H groups in total. The van der Waals surface area contributed by atoms with E-state index in [-0.39, 0.29) is 5.56 Å². The van der Waals surface area contributed by atoms with Crippen LogP contribution in [-0.4, -0.2) is 31.2 Å². The number of nitrogens with zero attached hydrogens (tertiary/aromatic N) is 5. The Hall–Kier alpha value is -3.74. The molecule has 0 spiro atoms. The average molecular weight is 428 g/mol. The summed E-state index contributed by atoms with van der Waals surface area (Å²) in [6.45, 7) is 5.39. The van der Waals surface area contributed by atoms with Crippen LogP contribution < -0.4 is 10.3 Å². The zero-order valence-corrected chi connectivity index (χ0v) is 18.4. The number of methoxy groups -OCH3 is 1. The van der Waals surface area contributed by atoms with Gasteiger partial charge in [-0.05, 0) is 30.5 Å². The normalized spacial score (nSPS) is 11.8. The highest BCUT2D eigenvalue weighted by atomic mass is 16.5. The van der Waals surface area contributed by atoms with E-state index in [9.17, 15) is 4.79 Å². The monoisotopic (exact) mass is 427 g/mol. The van der Waals surface area contributed by atoms with Gasteiger partial charge in [-0.1, -0.05) is 44.2 Å². The number of fused-ring (bicyclic) bond motifs is 4. The van der Waals surface area contributed by atoms with E-state index in [1.54, 1.807) is 18.0 Å². The van der Waals surface area contributed by atoms with Crippen LogP contribution in [0.2, 0.25) is 0 Å². The SMILES string of the molecule is COc1ccccc1Cn1c2nc3ccccc3nc2c2c(=O)n(CCC(C)C)cnc21. The van der Waals surface area contributed by atoms with Crippen LogP contribution in [0.5, 0.6) is 5.75 Å². The Morgan fingerprint density at radius 1 is 0.969 bits per heavy atom. The van der Waals surface area contributed by atoms with Crippen LogP contribution in [-0.2, 0) is 13.1 Å². The quantitative estimate of drug-likeness (QED) is 0.402. The lowest BCUT2D eigenvalue weighted by Gasteiger charge is -2.11. The van der Waals surface area contributed by atoms with Gasteiger partial charge < -0.3 is 9.30 Å². The third kappa shape index (κ3) is 3.39. The summed E-state index contributed by atoms with van der Waals surface area (Å²) in [6, 6.07) is 15.6. The molecule has 0 radical (unpaired) electrons. The Morgan fingerprint density at radius 2 is 1.69 bits per heavy atom. The van der Waals surface area contributed by atoms with E-state index in [1.165, 1.54) is 0 Å². The highest BCUT2D eigenvalue weighted by Gasteiger charge is 2.20. The zero-order chi connectivity index (χ0) is 22.2. The van der Waals surface area contributed by atoms with Crippen LogP contribution in [0, 0.1) is 5.92 Å². The Morgan fingerprint density at radius 3 is 2.44 bits per heavy atom. The molecule has 32 heavy (non-hydrogen) atoms. The van der Waals surface area contributed by atoms with Crippen LogP contribution >= 0.6 is 0 Å². The second kappa shape index (κ2) is 8.07. The average Bonchev–Trinajstić information content (AvgIpc) is 3.10. The Balaban J connectivity index is 1.80. The molecule has 0 aliphatic carbocycles. The molecule has 0 aliphatic rings. The van der Waals surface area contributed by atoms with Gasteiger partial charge in [0.1, 0.15) is 16.7 Å². The van der Waals surface area contributed by atoms with E-state index in [0.29, 0.717) is 41.2 Å². The summed E-state index contributed by atoms with van der Waals surface area (Å²) in [6.07, 6.45) is 2.55. The summed E-state index contributed by atoms with van der Waals surface area (Å²) >= 11 is 0. The second-order valence-electron chi connectivity index (χ2n) is 8.41. The lowest BCUT2D eigenvalue weighted by Crippen LogP contribution is -2.21. The second-order valence-corrected chi connectivity index (χ2v) is 8.41. The first-order valence-electron chi connectivity index (χ1n) is 10.8. The molecule has 0 saturated heterocycles. The highest BCUT2D eigenvalue weighted by Crippen LogP contribution is 2.28. The molecule has 0 unspecified atom stereocenters. The van der Waals surface area contributed by atoms with Crippen LogP contribution in [0.3, 0.4) is 0 Å². The fourth-order valence-corrected chi connectivity index (χ4v) is 4.05. The minimum absolute atomic E-state index is 0.0796. The largest absolute Gasteiger partial charge is 0.496 e. The number of rotatable bonds is 6. The minimum Gasteiger partial charge on any atom is -0.496 e. The van der Waals surface area contributed by atoms with Gasteiger partial charge in [0.2, 0.25) is 0 Å². The van der Waals surface area contributed by atoms with Crippen molar-refractivity contribution in [3.05, 3.63) is 70.8 Å². The van der Waals surface area contributed by atoms with E-state index in [1.807, 2.05) is 53.1 Å². The molecular formula is C25H25N5O2. The van der Waals surface area contributed by atoms with Gasteiger partial charge in [-0.15, -0.1) is 0 Å². The van der Waals surface area contributed by atoms with E-state index in [4.69, 9.17) is 19.7 Å². The molecule has 3 heterocycles. The molecular weight excluding hydrogens is 402 g/mol. The maximum Gasteiger partial charge on any atom is 0.265 e. The molecule has 7 nitrogen and oxygen atoms in total. The predicted molar refractivity (Wildman–Crippen MR) is 126 cm³/mol. The minimum atomic E-state index is -0.0796. The molecule has 5 rings (SSSR count). The van der Waals surface area contributed by atoms with E-state index in [0.717, 1.165) is 28.8 Å². The van der Waals surface area contributed by atoms with E-state index < -0.39 is 0 Å². The first-order valence-corrected chi connectivity index (χ1v) is 10.8. The van der Waals surface area contributed by atoms with Crippen molar-refractivity contribution in [2.75, 3.05) is 7.11 Å². The zero-order valence-electron chi connectivity index (χ0n) is 18.4. The first kappa shape index (κ1) is 20.2. The Bertz CT molecular complexity index is 1500. The maximum atomic E-state index is 13.5. The number of para-hydroxylation sites is 3. The summed E-state index contributed by atoms with van der Waals surface area (Å²) in [5, 5.41) is 0.513. The lowest BCUT2D eigenvalue weighted by molar-refractivity contribution is 0.409. The van der Waals surface area contributed by atoms with Crippen molar-refractivity contribution < 1.29 is 4.74 Å². The van der Waals surface area contributed by atoms with Crippen molar-refractivity contribution in [3.63, 3.8) is 0 Å². The molecule has 0 amide bonds. The van der Waals surface area contributed by atoms with E-state index in [2.05, 4.69) is 13.8 Å².